The summed E-state index contributed by atoms with van der Waals surface area (Å²) in [5.41, 5.74) is 0.177. The maximum atomic E-state index is 12.3. The highest BCUT2D eigenvalue weighted by atomic mass is 32.1. The van der Waals surface area contributed by atoms with Gasteiger partial charge in [-0.05, 0) is 0 Å². The van der Waals surface area contributed by atoms with Gasteiger partial charge in [0.15, 0.2) is 5.65 Å². The fourth-order valence-electron chi connectivity index (χ4n) is 2.01. The first-order valence-electron chi connectivity index (χ1n) is 6.96. The SMILES string of the molecule is CC(C)c1nnc(NC(=O)Cn2cnc3c(cnn3C)c2=O)s1. The van der Waals surface area contributed by atoms with Crippen LogP contribution in [0.5, 0.6) is 0 Å². The zero-order chi connectivity index (χ0) is 16.6. The molecule has 0 radical (unpaired) electrons. The predicted molar refractivity (Wildman–Crippen MR) is 85.4 cm³/mol. The monoisotopic (exact) mass is 333 g/mol. The molecule has 0 fully saturated rings. The normalized spacial score (nSPS) is 11.3. The summed E-state index contributed by atoms with van der Waals surface area (Å²) in [4.78, 5) is 28.5. The molecule has 3 aromatic rings. The van der Waals surface area contributed by atoms with Crippen LogP contribution in [0.1, 0.15) is 24.8 Å². The summed E-state index contributed by atoms with van der Waals surface area (Å²) in [5, 5.41) is 16.2. The first-order chi connectivity index (χ1) is 11.0. The number of carbonyl (C=O) groups is 1. The fourth-order valence-corrected chi connectivity index (χ4v) is 2.77. The number of amides is 1. The summed E-state index contributed by atoms with van der Waals surface area (Å²) in [6.07, 6.45) is 2.78. The van der Waals surface area contributed by atoms with Crippen molar-refractivity contribution >= 4 is 33.4 Å². The molecule has 3 aromatic heterocycles. The Labute approximate surface area is 135 Å². The second-order valence-corrected chi connectivity index (χ2v) is 6.34. The predicted octanol–water partition coefficient (Wildman–Crippen LogP) is 0.744. The minimum Gasteiger partial charge on any atom is -0.299 e. The van der Waals surface area contributed by atoms with Crippen molar-refractivity contribution in [1.82, 2.24) is 29.5 Å². The van der Waals surface area contributed by atoms with Gasteiger partial charge in [-0.3, -0.25) is 24.2 Å². The molecule has 0 aliphatic rings. The quantitative estimate of drug-likeness (QED) is 0.754. The number of aromatic nitrogens is 6. The summed E-state index contributed by atoms with van der Waals surface area (Å²) in [6, 6.07) is 0. The Morgan fingerprint density at radius 1 is 1.39 bits per heavy atom. The number of rotatable bonds is 4. The third-order valence-electron chi connectivity index (χ3n) is 3.21. The minimum atomic E-state index is -0.358. The van der Waals surface area contributed by atoms with Crippen LogP contribution in [0.15, 0.2) is 17.3 Å². The van der Waals surface area contributed by atoms with Crippen LogP contribution in [0, 0.1) is 0 Å². The van der Waals surface area contributed by atoms with Gasteiger partial charge in [0, 0.05) is 13.0 Å². The van der Waals surface area contributed by atoms with E-state index in [0.29, 0.717) is 16.2 Å². The molecule has 0 aromatic carbocycles. The zero-order valence-corrected chi connectivity index (χ0v) is 13.7. The molecule has 0 unspecified atom stereocenters. The lowest BCUT2D eigenvalue weighted by Crippen LogP contribution is -2.27. The molecule has 0 spiro atoms. The Kier molecular flexibility index (Phi) is 3.90. The number of fused-ring (bicyclic) bond motifs is 1. The van der Waals surface area contributed by atoms with Crippen LogP contribution in [-0.2, 0) is 18.4 Å². The van der Waals surface area contributed by atoms with E-state index in [2.05, 4.69) is 25.6 Å². The molecule has 10 heteroatoms. The molecule has 0 atom stereocenters. The van der Waals surface area contributed by atoms with Crippen molar-refractivity contribution < 1.29 is 4.79 Å². The summed E-state index contributed by atoms with van der Waals surface area (Å²) >= 11 is 1.32. The molecule has 0 saturated carbocycles. The molecule has 0 aliphatic heterocycles. The van der Waals surface area contributed by atoms with Gasteiger partial charge in [-0.25, -0.2) is 4.98 Å². The highest BCUT2D eigenvalue weighted by Crippen LogP contribution is 2.22. The van der Waals surface area contributed by atoms with E-state index < -0.39 is 0 Å². The van der Waals surface area contributed by atoms with E-state index in [9.17, 15) is 9.59 Å². The number of nitrogens with zero attached hydrogens (tertiary/aromatic N) is 6. The van der Waals surface area contributed by atoms with E-state index in [1.165, 1.54) is 33.1 Å². The molecular weight excluding hydrogens is 318 g/mol. The Hall–Kier alpha value is -2.62. The van der Waals surface area contributed by atoms with Gasteiger partial charge in [0.25, 0.3) is 5.56 Å². The van der Waals surface area contributed by atoms with Crippen molar-refractivity contribution in [2.45, 2.75) is 26.3 Å². The lowest BCUT2D eigenvalue weighted by molar-refractivity contribution is -0.116. The molecular formula is C13H15N7O2S. The van der Waals surface area contributed by atoms with E-state index in [1.54, 1.807) is 7.05 Å². The topological polar surface area (TPSA) is 108 Å². The third-order valence-corrected chi connectivity index (χ3v) is 4.35. The first kappa shape index (κ1) is 15.3. The van der Waals surface area contributed by atoms with Crippen LogP contribution in [0.25, 0.3) is 11.0 Å². The second kappa shape index (κ2) is 5.88. The first-order valence-corrected chi connectivity index (χ1v) is 7.77. The van der Waals surface area contributed by atoms with Gasteiger partial charge in [-0.2, -0.15) is 5.10 Å². The summed E-state index contributed by atoms with van der Waals surface area (Å²) in [5.74, 6) is -0.110. The van der Waals surface area contributed by atoms with Gasteiger partial charge in [0.1, 0.15) is 23.3 Å². The highest BCUT2D eigenvalue weighted by Gasteiger charge is 2.13. The van der Waals surface area contributed by atoms with Gasteiger partial charge >= 0.3 is 0 Å². The van der Waals surface area contributed by atoms with Crippen LogP contribution in [0.4, 0.5) is 5.13 Å². The molecule has 0 aliphatic carbocycles. The van der Waals surface area contributed by atoms with Gasteiger partial charge in [0.05, 0.1) is 6.20 Å². The van der Waals surface area contributed by atoms with Crippen molar-refractivity contribution in [3.63, 3.8) is 0 Å². The molecule has 1 N–H and O–H groups in total. The van der Waals surface area contributed by atoms with Crippen LogP contribution in [0.3, 0.4) is 0 Å². The third kappa shape index (κ3) is 2.97. The standard InChI is InChI=1S/C13H15N7O2S/c1-7(2)11-17-18-13(23-11)16-9(21)5-20-6-14-10-8(12(20)22)4-15-19(10)3/h4,6-7H,5H2,1-3H3,(H,16,18,21). The summed E-state index contributed by atoms with van der Waals surface area (Å²) < 4.78 is 2.75. The number of anilines is 1. The van der Waals surface area contributed by atoms with Crippen molar-refractivity contribution in [3.05, 3.63) is 27.9 Å². The molecule has 23 heavy (non-hydrogen) atoms. The molecule has 3 rings (SSSR count). The van der Waals surface area contributed by atoms with E-state index in [1.807, 2.05) is 13.8 Å². The highest BCUT2D eigenvalue weighted by molar-refractivity contribution is 7.15. The molecule has 1 amide bonds. The van der Waals surface area contributed by atoms with Crippen LogP contribution in [-0.4, -0.2) is 35.4 Å². The van der Waals surface area contributed by atoms with E-state index in [4.69, 9.17) is 0 Å². The van der Waals surface area contributed by atoms with E-state index >= 15 is 0 Å². The van der Waals surface area contributed by atoms with Crippen molar-refractivity contribution in [3.8, 4) is 0 Å². The van der Waals surface area contributed by atoms with Crippen molar-refractivity contribution in [2.24, 2.45) is 7.05 Å². The zero-order valence-electron chi connectivity index (χ0n) is 12.8. The Bertz CT molecular complexity index is 924. The molecule has 3 heterocycles. The van der Waals surface area contributed by atoms with Crippen molar-refractivity contribution in [2.75, 3.05) is 5.32 Å². The van der Waals surface area contributed by atoms with E-state index in [0.717, 1.165) is 5.01 Å². The molecule has 120 valence electrons. The Morgan fingerprint density at radius 3 is 2.87 bits per heavy atom. The number of carbonyl (C=O) groups excluding carboxylic acids is 1. The average Bonchev–Trinajstić information content (AvgIpc) is 3.10. The lowest BCUT2D eigenvalue weighted by atomic mass is 10.2. The van der Waals surface area contributed by atoms with Gasteiger partial charge in [0.2, 0.25) is 11.0 Å². The second-order valence-electron chi connectivity index (χ2n) is 5.33. The van der Waals surface area contributed by atoms with Gasteiger partial charge in [-0.1, -0.05) is 25.2 Å². The maximum Gasteiger partial charge on any atom is 0.264 e. The van der Waals surface area contributed by atoms with Crippen molar-refractivity contribution in [1.29, 1.82) is 0 Å². The van der Waals surface area contributed by atoms with Crippen LogP contribution >= 0.6 is 11.3 Å². The average molecular weight is 333 g/mol. The van der Waals surface area contributed by atoms with Crippen LogP contribution in [0.2, 0.25) is 0 Å². The Morgan fingerprint density at radius 2 is 2.17 bits per heavy atom. The summed E-state index contributed by atoms with van der Waals surface area (Å²) in [6.45, 7) is 3.86. The van der Waals surface area contributed by atoms with E-state index in [-0.39, 0.29) is 23.9 Å². The minimum absolute atomic E-state index is 0.146. The maximum absolute atomic E-state index is 12.3. The number of hydrogen-bond donors (Lipinski definition) is 1. The van der Waals surface area contributed by atoms with Crippen LogP contribution < -0.4 is 10.9 Å². The lowest BCUT2D eigenvalue weighted by Gasteiger charge is -2.04. The van der Waals surface area contributed by atoms with Gasteiger partial charge in [-0.15, -0.1) is 10.2 Å². The van der Waals surface area contributed by atoms with Gasteiger partial charge < -0.3 is 0 Å². The molecule has 0 saturated heterocycles. The number of aryl methyl sites for hydroxylation is 1. The Balaban J connectivity index is 1.77. The fraction of sp³-hybridized carbons (Fsp3) is 0.385. The molecule has 0 bridgehead atoms. The summed E-state index contributed by atoms with van der Waals surface area (Å²) in [7, 11) is 1.70. The number of nitrogens with one attached hydrogen (secondary N) is 1. The largest absolute Gasteiger partial charge is 0.299 e. The number of hydrogen-bond acceptors (Lipinski definition) is 7. The molecule has 9 nitrogen and oxygen atoms in total. The smallest absolute Gasteiger partial charge is 0.264 e.